The molecular weight excluding hydrogens is 220 g/mol. The highest BCUT2D eigenvalue weighted by atomic mass is 16.1. The summed E-state index contributed by atoms with van der Waals surface area (Å²) in [5, 5.41) is 7.90. The Hall–Kier alpha value is -1.56. The highest BCUT2D eigenvalue weighted by molar-refractivity contribution is 5.75. The molecule has 0 aliphatic carbocycles. The van der Waals surface area contributed by atoms with E-state index in [-0.39, 0.29) is 11.5 Å². The number of hydrogen-bond donors (Lipinski definition) is 3. The predicted molar refractivity (Wildman–Crippen MR) is 63.6 cm³/mol. The largest absolute Gasteiger partial charge is 0.350 e. The molecule has 1 aromatic heterocycles. The maximum Gasteiger partial charge on any atom is 0.264 e. The molecule has 1 fully saturated rings. The van der Waals surface area contributed by atoms with Crippen molar-refractivity contribution in [1.82, 2.24) is 20.4 Å². The summed E-state index contributed by atoms with van der Waals surface area (Å²) in [6.45, 7) is 3.42. The molecule has 1 aliphatic heterocycles. The molecule has 0 saturated carbocycles. The molecule has 2 rings (SSSR count). The second-order valence-corrected chi connectivity index (χ2v) is 4.36. The number of likely N-dealkylation sites (tertiary alicyclic amines) is 1. The van der Waals surface area contributed by atoms with Crippen LogP contribution in [0.4, 0.5) is 0 Å². The van der Waals surface area contributed by atoms with Gasteiger partial charge in [-0.15, -0.1) is 0 Å². The summed E-state index contributed by atoms with van der Waals surface area (Å²) in [4.78, 5) is 24.7. The second-order valence-electron chi connectivity index (χ2n) is 4.36. The number of nitrogens with one attached hydrogen (secondary N) is 3. The Morgan fingerprint density at radius 2 is 2.12 bits per heavy atom. The van der Waals surface area contributed by atoms with E-state index in [0.717, 1.165) is 19.6 Å². The molecule has 1 saturated heterocycles. The number of hydrogen-bond acceptors (Lipinski definition) is 3. The number of carbonyl (C=O) groups excluding carboxylic acids is 1. The van der Waals surface area contributed by atoms with Crippen molar-refractivity contribution in [3.05, 3.63) is 22.1 Å². The van der Waals surface area contributed by atoms with Gasteiger partial charge in [-0.3, -0.25) is 14.7 Å². The molecule has 0 spiro atoms. The lowest BCUT2D eigenvalue weighted by Crippen LogP contribution is -2.29. The first-order valence-corrected chi connectivity index (χ1v) is 5.99. The molecular formula is C11H18N4O2. The van der Waals surface area contributed by atoms with Gasteiger partial charge in [0.1, 0.15) is 0 Å². The van der Waals surface area contributed by atoms with E-state index < -0.39 is 0 Å². The van der Waals surface area contributed by atoms with E-state index in [1.807, 2.05) is 0 Å². The van der Waals surface area contributed by atoms with E-state index in [1.165, 1.54) is 18.9 Å². The van der Waals surface area contributed by atoms with Crippen LogP contribution < -0.4 is 10.9 Å². The average molecular weight is 238 g/mol. The van der Waals surface area contributed by atoms with Crippen LogP contribution in [-0.2, 0) is 11.3 Å². The van der Waals surface area contributed by atoms with Gasteiger partial charge in [-0.2, -0.15) is 0 Å². The normalized spacial score (nSPS) is 16.2. The van der Waals surface area contributed by atoms with Crippen molar-refractivity contribution in [2.24, 2.45) is 0 Å². The minimum Gasteiger partial charge on any atom is -0.350 e. The zero-order valence-electron chi connectivity index (χ0n) is 9.79. The summed E-state index contributed by atoms with van der Waals surface area (Å²) < 4.78 is 0. The van der Waals surface area contributed by atoms with Gasteiger partial charge in [-0.05, 0) is 25.9 Å². The topological polar surface area (TPSA) is 81.0 Å². The van der Waals surface area contributed by atoms with Crippen molar-refractivity contribution in [3.63, 3.8) is 0 Å². The quantitative estimate of drug-likeness (QED) is 0.665. The maximum atomic E-state index is 11.5. The van der Waals surface area contributed by atoms with E-state index in [9.17, 15) is 9.59 Å². The first-order chi connectivity index (χ1) is 8.24. The summed E-state index contributed by atoms with van der Waals surface area (Å²) in [6.07, 6.45) is 3.01. The number of amides is 1. The number of aromatic amines is 2. The fourth-order valence-electron chi connectivity index (χ4n) is 2.02. The van der Waals surface area contributed by atoms with Crippen LogP contribution in [-0.4, -0.2) is 40.6 Å². The molecule has 17 heavy (non-hydrogen) atoms. The summed E-state index contributed by atoms with van der Waals surface area (Å²) in [5.74, 6) is 0.0268. The van der Waals surface area contributed by atoms with Gasteiger partial charge < -0.3 is 15.3 Å². The minimum absolute atomic E-state index is 0.0268. The number of nitrogens with zero attached hydrogens (tertiary/aromatic N) is 1. The van der Waals surface area contributed by atoms with E-state index in [1.54, 1.807) is 0 Å². The van der Waals surface area contributed by atoms with Crippen LogP contribution in [0.1, 0.15) is 25.0 Å². The molecule has 1 aromatic rings. The number of H-pyrrole nitrogens is 2. The SMILES string of the molecule is O=C(CCN1CCCC1)NCc1cc(=O)[nH][nH]1. The molecule has 0 aromatic carbocycles. The fourth-order valence-corrected chi connectivity index (χ4v) is 2.02. The number of rotatable bonds is 5. The number of aromatic nitrogens is 2. The van der Waals surface area contributed by atoms with Gasteiger partial charge in [-0.1, -0.05) is 0 Å². The third kappa shape index (κ3) is 3.74. The molecule has 0 radical (unpaired) electrons. The predicted octanol–water partition coefficient (Wildman–Crippen LogP) is -0.195. The van der Waals surface area contributed by atoms with Crippen molar-refractivity contribution in [2.45, 2.75) is 25.8 Å². The van der Waals surface area contributed by atoms with Gasteiger partial charge in [0, 0.05) is 19.0 Å². The van der Waals surface area contributed by atoms with Crippen LogP contribution in [0, 0.1) is 0 Å². The molecule has 0 atom stereocenters. The summed E-state index contributed by atoms with van der Waals surface area (Å²) in [5.41, 5.74) is 0.524. The van der Waals surface area contributed by atoms with Crippen LogP contribution in [0.15, 0.2) is 10.9 Å². The third-order valence-corrected chi connectivity index (χ3v) is 2.98. The smallest absolute Gasteiger partial charge is 0.264 e. The van der Waals surface area contributed by atoms with E-state index in [2.05, 4.69) is 20.4 Å². The zero-order valence-corrected chi connectivity index (χ0v) is 9.79. The van der Waals surface area contributed by atoms with E-state index in [4.69, 9.17) is 0 Å². The van der Waals surface area contributed by atoms with Crippen LogP contribution in [0.5, 0.6) is 0 Å². The van der Waals surface area contributed by atoms with E-state index >= 15 is 0 Å². The first kappa shape index (κ1) is 11.9. The Morgan fingerprint density at radius 3 is 2.76 bits per heavy atom. The lowest BCUT2D eigenvalue weighted by molar-refractivity contribution is -0.121. The van der Waals surface area contributed by atoms with Gasteiger partial charge in [0.2, 0.25) is 5.91 Å². The highest BCUT2D eigenvalue weighted by Gasteiger charge is 2.12. The van der Waals surface area contributed by atoms with Crippen molar-refractivity contribution < 1.29 is 4.79 Å². The lowest BCUT2D eigenvalue weighted by Gasteiger charge is -2.13. The van der Waals surface area contributed by atoms with Crippen LogP contribution in [0.3, 0.4) is 0 Å². The van der Waals surface area contributed by atoms with Gasteiger partial charge in [0.15, 0.2) is 0 Å². The Kier molecular flexibility index (Phi) is 3.98. The molecule has 1 aliphatic rings. The molecule has 0 bridgehead atoms. The first-order valence-electron chi connectivity index (χ1n) is 5.99. The number of carbonyl (C=O) groups is 1. The average Bonchev–Trinajstić information content (AvgIpc) is 2.95. The summed E-state index contributed by atoms with van der Waals surface area (Å²) in [7, 11) is 0. The van der Waals surface area contributed by atoms with Crippen molar-refractivity contribution >= 4 is 5.91 Å². The standard InChI is InChI=1S/C11H18N4O2/c16-10(3-6-15-4-1-2-5-15)12-8-9-7-11(17)14-13-9/h7H,1-6,8H2,(H,12,16)(H2,13,14,17). The van der Waals surface area contributed by atoms with Crippen LogP contribution >= 0.6 is 0 Å². The fraction of sp³-hybridized carbons (Fsp3) is 0.636. The summed E-state index contributed by atoms with van der Waals surface area (Å²) in [6, 6.07) is 1.45. The summed E-state index contributed by atoms with van der Waals surface area (Å²) >= 11 is 0. The Labute approximate surface area is 99.4 Å². The van der Waals surface area contributed by atoms with Gasteiger partial charge >= 0.3 is 0 Å². The van der Waals surface area contributed by atoms with Gasteiger partial charge in [0.05, 0.1) is 12.2 Å². The molecule has 94 valence electrons. The van der Waals surface area contributed by atoms with Crippen LogP contribution in [0.2, 0.25) is 0 Å². The molecule has 0 unspecified atom stereocenters. The maximum absolute atomic E-state index is 11.5. The Bertz CT molecular complexity index is 417. The highest BCUT2D eigenvalue weighted by Crippen LogP contribution is 2.07. The molecule has 1 amide bonds. The third-order valence-electron chi connectivity index (χ3n) is 2.98. The minimum atomic E-state index is -0.175. The Morgan fingerprint density at radius 1 is 1.35 bits per heavy atom. The van der Waals surface area contributed by atoms with Gasteiger partial charge in [-0.25, -0.2) is 0 Å². The van der Waals surface area contributed by atoms with Gasteiger partial charge in [0.25, 0.3) is 5.56 Å². The van der Waals surface area contributed by atoms with Crippen LogP contribution in [0.25, 0.3) is 0 Å². The van der Waals surface area contributed by atoms with E-state index in [0.29, 0.717) is 18.7 Å². The molecule has 2 heterocycles. The monoisotopic (exact) mass is 238 g/mol. The lowest BCUT2D eigenvalue weighted by atomic mass is 10.3. The molecule has 6 nitrogen and oxygen atoms in total. The van der Waals surface area contributed by atoms with Crippen molar-refractivity contribution in [2.75, 3.05) is 19.6 Å². The molecule has 3 N–H and O–H groups in total. The van der Waals surface area contributed by atoms with Crippen molar-refractivity contribution in [3.8, 4) is 0 Å². The second kappa shape index (κ2) is 5.67. The zero-order chi connectivity index (χ0) is 12.1. The van der Waals surface area contributed by atoms with Crippen molar-refractivity contribution in [1.29, 1.82) is 0 Å². The molecule has 6 heteroatoms. The Balaban J connectivity index is 1.65.